The molecule has 0 saturated heterocycles. The molecule has 0 unspecified atom stereocenters. The van der Waals surface area contributed by atoms with Gasteiger partial charge in [-0.1, -0.05) is 17.7 Å². The first-order valence-corrected chi connectivity index (χ1v) is 7.39. The predicted octanol–water partition coefficient (Wildman–Crippen LogP) is 1.28. The van der Waals surface area contributed by atoms with E-state index >= 15 is 0 Å². The van der Waals surface area contributed by atoms with Crippen molar-refractivity contribution in [1.29, 1.82) is 0 Å². The third-order valence-electron chi connectivity index (χ3n) is 2.23. The van der Waals surface area contributed by atoms with E-state index in [1.54, 1.807) is 0 Å². The summed E-state index contributed by atoms with van der Waals surface area (Å²) in [4.78, 5) is 10.1. The third-order valence-corrected chi connectivity index (χ3v) is 4.00. The van der Waals surface area contributed by atoms with Crippen molar-refractivity contribution in [2.45, 2.75) is 18.2 Å². The van der Waals surface area contributed by atoms with E-state index in [4.69, 9.17) is 11.6 Å². The summed E-state index contributed by atoms with van der Waals surface area (Å²) in [7, 11) is -3.94. The van der Waals surface area contributed by atoms with Crippen LogP contribution in [0.2, 0.25) is 5.02 Å². The Bertz CT molecular complexity index is 563. The van der Waals surface area contributed by atoms with Crippen LogP contribution in [0.25, 0.3) is 0 Å². The standard InChI is InChI=1S/C11H14ClFN2O3S/c1-8(16)14-6-3-7-15-19(17,18)10-5-2-4-9(12)11(10)13/h2,4-5,15H,3,6-7H2,1H3,(H,14,16). The maximum atomic E-state index is 13.6. The van der Waals surface area contributed by atoms with Crippen LogP contribution in [0.15, 0.2) is 23.1 Å². The van der Waals surface area contributed by atoms with Crippen LogP contribution in [-0.2, 0) is 14.8 Å². The molecular formula is C11H14ClFN2O3S. The first kappa shape index (κ1) is 15.9. The Morgan fingerprint density at radius 1 is 1.37 bits per heavy atom. The maximum Gasteiger partial charge on any atom is 0.243 e. The lowest BCUT2D eigenvalue weighted by molar-refractivity contribution is -0.118. The van der Waals surface area contributed by atoms with Crippen molar-refractivity contribution in [2.24, 2.45) is 0 Å². The van der Waals surface area contributed by atoms with E-state index in [-0.39, 0.29) is 17.5 Å². The largest absolute Gasteiger partial charge is 0.356 e. The van der Waals surface area contributed by atoms with Gasteiger partial charge >= 0.3 is 0 Å². The van der Waals surface area contributed by atoms with E-state index in [2.05, 4.69) is 10.0 Å². The lowest BCUT2D eigenvalue weighted by Gasteiger charge is -2.08. The number of carbonyl (C=O) groups is 1. The summed E-state index contributed by atoms with van der Waals surface area (Å²) < 4.78 is 39.4. The second-order valence-electron chi connectivity index (χ2n) is 3.79. The molecule has 0 spiro atoms. The number of rotatable bonds is 6. The number of halogens is 2. The molecule has 0 aliphatic carbocycles. The number of carbonyl (C=O) groups excluding carboxylic acids is 1. The van der Waals surface area contributed by atoms with Crippen molar-refractivity contribution < 1.29 is 17.6 Å². The van der Waals surface area contributed by atoms with Gasteiger partial charge in [-0.3, -0.25) is 4.79 Å². The highest BCUT2D eigenvalue weighted by atomic mass is 35.5. The molecule has 0 aromatic heterocycles. The smallest absolute Gasteiger partial charge is 0.243 e. The predicted molar refractivity (Wildman–Crippen MR) is 69.9 cm³/mol. The number of sulfonamides is 1. The van der Waals surface area contributed by atoms with Crippen LogP contribution < -0.4 is 10.0 Å². The number of nitrogens with one attached hydrogen (secondary N) is 2. The van der Waals surface area contributed by atoms with Gasteiger partial charge in [0.1, 0.15) is 4.90 Å². The molecule has 1 aromatic carbocycles. The molecule has 0 aliphatic heterocycles. The Labute approximate surface area is 116 Å². The normalized spacial score (nSPS) is 11.3. The Kier molecular flexibility index (Phi) is 5.71. The number of amides is 1. The lowest BCUT2D eigenvalue weighted by Crippen LogP contribution is -2.29. The summed E-state index contributed by atoms with van der Waals surface area (Å²) in [5, 5.41) is 2.27. The van der Waals surface area contributed by atoms with E-state index in [1.807, 2.05) is 0 Å². The van der Waals surface area contributed by atoms with Crippen LogP contribution in [0.3, 0.4) is 0 Å². The Morgan fingerprint density at radius 3 is 2.68 bits per heavy atom. The molecular weight excluding hydrogens is 295 g/mol. The van der Waals surface area contributed by atoms with E-state index in [9.17, 15) is 17.6 Å². The second-order valence-corrected chi connectivity index (χ2v) is 5.93. The van der Waals surface area contributed by atoms with Crippen LogP contribution in [0.1, 0.15) is 13.3 Å². The zero-order chi connectivity index (χ0) is 14.5. The zero-order valence-electron chi connectivity index (χ0n) is 10.2. The van der Waals surface area contributed by atoms with Crippen molar-refractivity contribution in [3.63, 3.8) is 0 Å². The van der Waals surface area contributed by atoms with Crippen LogP contribution in [0, 0.1) is 5.82 Å². The molecule has 1 amide bonds. The van der Waals surface area contributed by atoms with E-state index in [0.717, 1.165) is 6.07 Å². The van der Waals surface area contributed by atoms with Crippen molar-refractivity contribution in [3.05, 3.63) is 29.0 Å². The monoisotopic (exact) mass is 308 g/mol. The number of hydrogen-bond acceptors (Lipinski definition) is 3. The molecule has 106 valence electrons. The second kappa shape index (κ2) is 6.83. The fourth-order valence-corrected chi connectivity index (χ4v) is 2.73. The molecule has 0 heterocycles. The van der Waals surface area contributed by atoms with Crippen molar-refractivity contribution in [1.82, 2.24) is 10.0 Å². The van der Waals surface area contributed by atoms with Gasteiger partial charge in [-0.05, 0) is 18.6 Å². The highest BCUT2D eigenvalue weighted by molar-refractivity contribution is 7.89. The van der Waals surface area contributed by atoms with Crippen molar-refractivity contribution in [2.75, 3.05) is 13.1 Å². The Hall–Kier alpha value is -1.18. The molecule has 0 saturated carbocycles. The third kappa shape index (κ3) is 4.77. The molecule has 0 fully saturated rings. The summed E-state index contributed by atoms with van der Waals surface area (Å²) in [5.41, 5.74) is 0. The Morgan fingerprint density at radius 2 is 2.05 bits per heavy atom. The van der Waals surface area contributed by atoms with Gasteiger partial charge < -0.3 is 5.32 Å². The van der Waals surface area contributed by atoms with Gasteiger partial charge in [-0.2, -0.15) is 0 Å². The van der Waals surface area contributed by atoms with Gasteiger partial charge in [0, 0.05) is 20.0 Å². The fraction of sp³-hybridized carbons (Fsp3) is 0.364. The zero-order valence-corrected chi connectivity index (χ0v) is 11.8. The lowest BCUT2D eigenvalue weighted by atomic mass is 10.3. The minimum Gasteiger partial charge on any atom is -0.356 e. The van der Waals surface area contributed by atoms with Crippen LogP contribution in [0.5, 0.6) is 0 Å². The van der Waals surface area contributed by atoms with Gasteiger partial charge in [0.05, 0.1) is 5.02 Å². The molecule has 8 heteroatoms. The SMILES string of the molecule is CC(=O)NCCCNS(=O)(=O)c1cccc(Cl)c1F. The van der Waals surface area contributed by atoms with E-state index < -0.39 is 20.7 Å². The molecule has 0 bridgehead atoms. The summed E-state index contributed by atoms with van der Waals surface area (Å²) >= 11 is 5.52. The van der Waals surface area contributed by atoms with Gasteiger partial charge in [0.15, 0.2) is 5.82 Å². The number of benzene rings is 1. The van der Waals surface area contributed by atoms with Crippen LogP contribution in [0.4, 0.5) is 4.39 Å². The number of hydrogen-bond donors (Lipinski definition) is 2. The molecule has 5 nitrogen and oxygen atoms in total. The molecule has 1 rings (SSSR count). The summed E-state index contributed by atoms with van der Waals surface area (Å²) in [5.74, 6) is -1.16. The topological polar surface area (TPSA) is 75.3 Å². The van der Waals surface area contributed by atoms with Crippen molar-refractivity contribution in [3.8, 4) is 0 Å². The van der Waals surface area contributed by atoms with Gasteiger partial charge in [-0.15, -0.1) is 0 Å². The molecule has 19 heavy (non-hydrogen) atoms. The van der Waals surface area contributed by atoms with Gasteiger partial charge in [-0.25, -0.2) is 17.5 Å². The fourth-order valence-electron chi connectivity index (χ4n) is 1.33. The van der Waals surface area contributed by atoms with Gasteiger partial charge in [0.25, 0.3) is 0 Å². The maximum absolute atomic E-state index is 13.6. The average molecular weight is 309 g/mol. The average Bonchev–Trinajstić information content (AvgIpc) is 2.31. The summed E-state index contributed by atoms with van der Waals surface area (Å²) in [6, 6.07) is 3.77. The highest BCUT2D eigenvalue weighted by Crippen LogP contribution is 2.21. The molecule has 2 N–H and O–H groups in total. The molecule has 0 atom stereocenters. The first-order chi connectivity index (χ1) is 8.84. The minimum absolute atomic E-state index is 0.0918. The minimum atomic E-state index is -3.94. The highest BCUT2D eigenvalue weighted by Gasteiger charge is 2.19. The first-order valence-electron chi connectivity index (χ1n) is 5.52. The van der Waals surface area contributed by atoms with E-state index in [1.165, 1.54) is 19.1 Å². The van der Waals surface area contributed by atoms with Crippen molar-refractivity contribution >= 4 is 27.5 Å². The molecule has 0 aliphatic rings. The summed E-state index contributed by atoms with van der Waals surface area (Å²) in [6.45, 7) is 1.80. The van der Waals surface area contributed by atoms with E-state index in [0.29, 0.717) is 13.0 Å². The molecule has 1 aromatic rings. The van der Waals surface area contributed by atoms with Crippen LogP contribution in [-0.4, -0.2) is 27.4 Å². The molecule has 0 radical (unpaired) electrons. The Balaban J connectivity index is 2.61. The van der Waals surface area contributed by atoms with Crippen LogP contribution >= 0.6 is 11.6 Å². The van der Waals surface area contributed by atoms with Gasteiger partial charge in [0.2, 0.25) is 15.9 Å². The quantitative estimate of drug-likeness (QED) is 0.777. The summed E-state index contributed by atoms with van der Waals surface area (Å²) in [6.07, 6.45) is 0.404.